The van der Waals surface area contributed by atoms with Gasteiger partial charge in [0.2, 0.25) is 0 Å². The number of fused-ring (bicyclic) bond motifs is 1. The van der Waals surface area contributed by atoms with E-state index in [1.807, 2.05) is 18.3 Å². The van der Waals surface area contributed by atoms with Crippen molar-refractivity contribution in [1.29, 1.82) is 0 Å². The summed E-state index contributed by atoms with van der Waals surface area (Å²) in [5, 5.41) is 4.52. The molecule has 0 aliphatic heterocycles. The molecule has 0 aliphatic carbocycles. The summed E-state index contributed by atoms with van der Waals surface area (Å²) in [5.41, 5.74) is 2.29. The molecule has 4 nitrogen and oxygen atoms in total. The van der Waals surface area contributed by atoms with Gasteiger partial charge in [-0.3, -0.25) is 4.79 Å². The monoisotopic (exact) mass is 274 g/mol. The van der Waals surface area contributed by atoms with E-state index < -0.39 is 0 Å². The molecule has 0 bridgehead atoms. The topological polar surface area (TPSA) is 54.1 Å². The molecule has 108 valence electrons. The van der Waals surface area contributed by atoms with Gasteiger partial charge in [0, 0.05) is 23.6 Å². The van der Waals surface area contributed by atoms with Crippen molar-refractivity contribution in [2.45, 2.75) is 32.9 Å². The first-order valence-electron chi connectivity index (χ1n) is 7.03. The van der Waals surface area contributed by atoms with E-state index in [1.54, 1.807) is 0 Å². The molecule has 2 N–H and O–H groups in total. The highest BCUT2D eigenvalue weighted by Crippen LogP contribution is 2.18. The standard InChI is InChI=1S/C16H22N2O2/c1-4-11(2)15(16(19)20-3)18-10-12-6-5-7-14-13(12)8-9-17-14/h5-9,11,15,17-18H,4,10H2,1-3H3. The maximum atomic E-state index is 11.9. The fourth-order valence-corrected chi connectivity index (χ4v) is 2.40. The van der Waals surface area contributed by atoms with Gasteiger partial charge in [0.05, 0.1) is 7.11 Å². The maximum absolute atomic E-state index is 11.9. The van der Waals surface area contributed by atoms with Crippen LogP contribution in [-0.2, 0) is 16.1 Å². The van der Waals surface area contributed by atoms with Crippen LogP contribution in [0, 0.1) is 5.92 Å². The number of rotatable bonds is 6. The molecule has 0 saturated heterocycles. The summed E-state index contributed by atoms with van der Waals surface area (Å²) in [4.78, 5) is 15.1. The van der Waals surface area contributed by atoms with E-state index in [4.69, 9.17) is 4.74 Å². The van der Waals surface area contributed by atoms with E-state index in [9.17, 15) is 4.79 Å². The van der Waals surface area contributed by atoms with Crippen LogP contribution in [0.25, 0.3) is 10.9 Å². The van der Waals surface area contributed by atoms with Crippen molar-refractivity contribution in [2.24, 2.45) is 5.92 Å². The highest BCUT2D eigenvalue weighted by Gasteiger charge is 2.24. The van der Waals surface area contributed by atoms with Gasteiger partial charge < -0.3 is 15.0 Å². The molecule has 20 heavy (non-hydrogen) atoms. The molecule has 1 heterocycles. The van der Waals surface area contributed by atoms with Crippen molar-refractivity contribution in [3.8, 4) is 0 Å². The highest BCUT2D eigenvalue weighted by molar-refractivity contribution is 5.83. The van der Waals surface area contributed by atoms with Gasteiger partial charge in [0.1, 0.15) is 6.04 Å². The second-order valence-corrected chi connectivity index (χ2v) is 5.12. The summed E-state index contributed by atoms with van der Waals surface area (Å²) in [7, 11) is 1.44. The van der Waals surface area contributed by atoms with Crippen LogP contribution in [0.5, 0.6) is 0 Å². The van der Waals surface area contributed by atoms with Crippen LogP contribution in [0.1, 0.15) is 25.8 Å². The lowest BCUT2D eigenvalue weighted by molar-refractivity contribution is -0.144. The number of aromatic nitrogens is 1. The molecule has 4 heteroatoms. The highest BCUT2D eigenvalue weighted by atomic mass is 16.5. The molecule has 1 aromatic heterocycles. The summed E-state index contributed by atoms with van der Waals surface area (Å²) in [6.45, 7) is 4.79. The van der Waals surface area contributed by atoms with Gasteiger partial charge in [-0.25, -0.2) is 0 Å². The maximum Gasteiger partial charge on any atom is 0.323 e. The molecule has 0 spiro atoms. The zero-order valence-electron chi connectivity index (χ0n) is 12.3. The second kappa shape index (κ2) is 6.57. The molecule has 2 rings (SSSR count). The molecule has 1 aromatic carbocycles. The van der Waals surface area contributed by atoms with Gasteiger partial charge >= 0.3 is 5.97 Å². The lowest BCUT2D eigenvalue weighted by atomic mass is 9.98. The third-order valence-corrected chi connectivity index (χ3v) is 3.87. The second-order valence-electron chi connectivity index (χ2n) is 5.12. The Kier molecular flexibility index (Phi) is 4.79. The van der Waals surface area contributed by atoms with Crippen molar-refractivity contribution in [3.63, 3.8) is 0 Å². The lowest BCUT2D eigenvalue weighted by Gasteiger charge is -2.22. The molecule has 0 aliphatic rings. The van der Waals surface area contributed by atoms with Crippen molar-refractivity contribution in [2.75, 3.05) is 7.11 Å². The van der Waals surface area contributed by atoms with Crippen LogP contribution < -0.4 is 5.32 Å². The van der Waals surface area contributed by atoms with Crippen molar-refractivity contribution >= 4 is 16.9 Å². The van der Waals surface area contributed by atoms with E-state index in [0.29, 0.717) is 6.54 Å². The Balaban J connectivity index is 2.12. The number of nitrogens with one attached hydrogen (secondary N) is 2. The van der Waals surface area contributed by atoms with Crippen LogP contribution in [0.15, 0.2) is 30.5 Å². The molecular formula is C16H22N2O2. The predicted octanol–water partition coefficient (Wildman–Crippen LogP) is 2.85. The number of aromatic amines is 1. The van der Waals surface area contributed by atoms with E-state index in [2.05, 4.69) is 36.3 Å². The number of ether oxygens (including phenoxy) is 1. The molecule has 2 aromatic rings. The number of H-pyrrole nitrogens is 1. The van der Waals surface area contributed by atoms with E-state index in [1.165, 1.54) is 18.1 Å². The fraction of sp³-hybridized carbons (Fsp3) is 0.438. The van der Waals surface area contributed by atoms with Crippen LogP contribution in [0.2, 0.25) is 0 Å². The average molecular weight is 274 g/mol. The predicted molar refractivity (Wildman–Crippen MR) is 80.4 cm³/mol. The van der Waals surface area contributed by atoms with Gasteiger partial charge in [0.15, 0.2) is 0 Å². The summed E-state index contributed by atoms with van der Waals surface area (Å²) < 4.78 is 4.89. The number of carbonyl (C=O) groups is 1. The molecule has 2 atom stereocenters. The zero-order valence-corrected chi connectivity index (χ0v) is 12.3. The van der Waals surface area contributed by atoms with Crippen molar-refractivity contribution in [1.82, 2.24) is 10.3 Å². The minimum atomic E-state index is -0.265. The van der Waals surface area contributed by atoms with E-state index in [0.717, 1.165) is 11.9 Å². The Morgan fingerprint density at radius 1 is 1.40 bits per heavy atom. The Morgan fingerprint density at radius 3 is 2.90 bits per heavy atom. The van der Waals surface area contributed by atoms with Gasteiger partial charge in [-0.15, -0.1) is 0 Å². The lowest BCUT2D eigenvalue weighted by Crippen LogP contribution is -2.42. The summed E-state index contributed by atoms with van der Waals surface area (Å²) in [6.07, 6.45) is 2.86. The van der Waals surface area contributed by atoms with Crippen LogP contribution >= 0.6 is 0 Å². The van der Waals surface area contributed by atoms with Gasteiger partial charge in [-0.1, -0.05) is 32.4 Å². The first-order valence-corrected chi connectivity index (χ1v) is 7.03. The SMILES string of the molecule is CCC(C)C(NCc1cccc2[nH]ccc12)C(=O)OC. The summed E-state index contributed by atoms with van der Waals surface area (Å²) in [5.74, 6) is 0.0495. The van der Waals surface area contributed by atoms with Gasteiger partial charge in [0.25, 0.3) is 0 Å². The number of esters is 1. The van der Waals surface area contributed by atoms with Crippen molar-refractivity contribution in [3.05, 3.63) is 36.0 Å². The van der Waals surface area contributed by atoms with Crippen LogP contribution in [-0.4, -0.2) is 24.1 Å². The number of hydrogen-bond acceptors (Lipinski definition) is 3. The van der Waals surface area contributed by atoms with Gasteiger partial charge in [-0.05, 0) is 23.6 Å². The minimum Gasteiger partial charge on any atom is -0.468 e. The average Bonchev–Trinajstić information content (AvgIpc) is 2.95. The first-order chi connectivity index (χ1) is 9.67. The zero-order chi connectivity index (χ0) is 14.5. The summed E-state index contributed by atoms with van der Waals surface area (Å²) >= 11 is 0. The molecule has 2 unspecified atom stereocenters. The number of carbonyl (C=O) groups excluding carboxylic acids is 1. The molecule has 0 saturated carbocycles. The number of hydrogen-bond donors (Lipinski definition) is 2. The quantitative estimate of drug-likeness (QED) is 0.796. The molecule has 0 amide bonds. The Morgan fingerprint density at radius 2 is 2.20 bits per heavy atom. The third-order valence-electron chi connectivity index (χ3n) is 3.87. The Bertz CT molecular complexity index is 577. The first kappa shape index (κ1) is 14.6. The van der Waals surface area contributed by atoms with Crippen molar-refractivity contribution < 1.29 is 9.53 Å². The van der Waals surface area contributed by atoms with E-state index >= 15 is 0 Å². The number of methoxy groups -OCH3 is 1. The fourth-order valence-electron chi connectivity index (χ4n) is 2.40. The Labute approximate surface area is 119 Å². The smallest absolute Gasteiger partial charge is 0.323 e. The van der Waals surface area contributed by atoms with Crippen LogP contribution in [0.3, 0.4) is 0 Å². The van der Waals surface area contributed by atoms with Crippen LogP contribution in [0.4, 0.5) is 0 Å². The van der Waals surface area contributed by atoms with E-state index in [-0.39, 0.29) is 17.9 Å². The normalized spacial score (nSPS) is 14.2. The number of benzene rings is 1. The van der Waals surface area contributed by atoms with Gasteiger partial charge in [-0.2, -0.15) is 0 Å². The Hall–Kier alpha value is -1.81. The molecular weight excluding hydrogens is 252 g/mol. The molecule has 0 radical (unpaired) electrons. The largest absolute Gasteiger partial charge is 0.468 e. The molecule has 0 fully saturated rings. The summed E-state index contributed by atoms with van der Waals surface area (Å²) in [6, 6.07) is 7.94. The third kappa shape index (κ3) is 3.02. The minimum absolute atomic E-state index is 0.194.